The Morgan fingerprint density at radius 3 is 2.76 bits per heavy atom. The van der Waals surface area contributed by atoms with Gasteiger partial charge in [-0.15, -0.1) is 0 Å². The number of thiazole rings is 1. The Morgan fingerprint density at radius 1 is 1.24 bits per heavy atom. The first kappa shape index (κ1) is 12.3. The van der Waals surface area contributed by atoms with Gasteiger partial charge in [0.05, 0.1) is 0 Å². The minimum absolute atomic E-state index is 0. The molecule has 0 saturated carbocycles. The second-order valence-corrected chi connectivity index (χ2v) is 4.78. The molecule has 4 heteroatoms. The van der Waals surface area contributed by atoms with E-state index in [1.165, 1.54) is 16.2 Å². The van der Waals surface area contributed by atoms with Crippen LogP contribution in [0.3, 0.4) is 0 Å². The lowest BCUT2D eigenvalue weighted by Gasteiger charge is -1.96. The zero-order valence-electron chi connectivity index (χ0n) is 9.51. The number of hydrogen-bond donors (Lipinski definition) is 0. The number of aromatic nitrogens is 2. The molecule has 2 aromatic heterocycles. The van der Waals surface area contributed by atoms with Gasteiger partial charge in [-0.05, 0) is 12.5 Å². The Kier molecular flexibility index (Phi) is 3.64. The molecule has 0 atom stereocenters. The van der Waals surface area contributed by atoms with Gasteiger partial charge in [-0.3, -0.25) is 0 Å². The van der Waals surface area contributed by atoms with Crippen molar-refractivity contribution >= 4 is 16.3 Å². The van der Waals surface area contributed by atoms with Crippen molar-refractivity contribution in [3.63, 3.8) is 0 Å². The molecular weight excluding hydrogens is 296 g/mol. The molecule has 3 rings (SSSR count). The fourth-order valence-corrected chi connectivity index (χ4v) is 2.87. The average Bonchev–Trinajstić information content (AvgIpc) is 2.86. The van der Waals surface area contributed by atoms with E-state index in [1.54, 1.807) is 11.3 Å². The first-order valence-electron chi connectivity index (χ1n) is 5.33. The molecule has 0 amide bonds. The Bertz CT molecular complexity index is 613. The van der Waals surface area contributed by atoms with Gasteiger partial charge < -0.3 is 17.0 Å². The van der Waals surface area contributed by atoms with E-state index in [1.807, 2.05) is 0 Å². The van der Waals surface area contributed by atoms with Crippen LogP contribution in [0.25, 0.3) is 4.96 Å². The van der Waals surface area contributed by atoms with Crippen LogP contribution in [-0.2, 0) is 6.54 Å². The fraction of sp³-hybridized carbons (Fsp3) is 0.154. The summed E-state index contributed by atoms with van der Waals surface area (Å²) in [7, 11) is 0. The zero-order chi connectivity index (χ0) is 11.0. The standard InChI is InChI=1S/C13H13N2S.BrH/c1-11-10-16-13-14(7-8-15(11)13)9-12-5-3-2-4-6-12;/h2-8,10H,9H2,1H3;1H/q+1;/p-1. The lowest BCUT2D eigenvalue weighted by atomic mass is 10.2. The smallest absolute Gasteiger partial charge is 0.346 e. The van der Waals surface area contributed by atoms with Crippen molar-refractivity contribution in [1.82, 2.24) is 4.40 Å². The zero-order valence-corrected chi connectivity index (χ0v) is 11.9. The van der Waals surface area contributed by atoms with Gasteiger partial charge in [0.25, 0.3) is 0 Å². The number of benzene rings is 1. The van der Waals surface area contributed by atoms with E-state index >= 15 is 0 Å². The molecule has 0 bridgehead atoms. The van der Waals surface area contributed by atoms with E-state index in [9.17, 15) is 0 Å². The maximum Gasteiger partial charge on any atom is 0.346 e. The molecule has 0 fully saturated rings. The predicted octanol–water partition coefficient (Wildman–Crippen LogP) is -0.351. The Balaban J connectivity index is 0.00000108. The van der Waals surface area contributed by atoms with Crippen LogP contribution < -0.4 is 21.5 Å². The van der Waals surface area contributed by atoms with Crippen LogP contribution in [0.4, 0.5) is 0 Å². The van der Waals surface area contributed by atoms with Gasteiger partial charge in [-0.25, -0.2) is 4.57 Å². The summed E-state index contributed by atoms with van der Waals surface area (Å²) < 4.78 is 4.51. The normalized spacial score (nSPS) is 10.4. The van der Waals surface area contributed by atoms with Crippen molar-refractivity contribution in [3.05, 3.63) is 59.4 Å². The van der Waals surface area contributed by atoms with Crippen LogP contribution in [-0.4, -0.2) is 4.40 Å². The molecule has 17 heavy (non-hydrogen) atoms. The maximum absolute atomic E-state index is 2.28. The van der Waals surface area contributed by atoms with Crippen LogP contribution in [0, 0.1) is 6.92 Å². The summed E-state index contributed by atoms with van der Waals surface area (Å²) >= 11 is 1.79. The molecular formula is C13H13BrN2S. The summed E-state index contributed by atoms with van der Waals surface area (Å²) in [5.41, 5.74) is 2.64. The van der Waals surface area contributed by atoms with Crippen molar-refractivity contribution in [2.24, 2.45) is 0 Å². The van der Waals surface area contributed by atoms with E-state index < -0.39 is 0 Å². The largest absolute Gasteiger partial charge is 1.00 e. The first-order valence-corrected chi connectivity index (χ1v) is 6.21. The third-order valence-corrected chi connectivity index (χ3v) is 3.86. The summed E-state index contributed by atoms with van der Waals surface area (Å²) in [6, 6.07) is 10.6. The van der Waals surface area contributed by atoms with Crippen molar-refractivity contribution in [2.45, 2.75) is 13.5 Å². The number of aryl methyl sites for hydroxylation is 1. The summed E-state index contributed by atoms with van der Waals surface area (Å²) in [5.74, 6) is 0. The van der Waals surface area contributed by atoms with Gasteiger partial charge in [0.2, 0.25) is 0 Å². The molecule has 0 saturated heterocycles. The third kappa shape index (κ3) is 2.28. The second kappa shape index (κ2) is 5.02. The highest BCUT2D eigenvalue weighted by molar-refractivity contribution is 7.14. The van der Waals surface area contributed by atoms with Gasteiger partial charge >= 0.3 is 4.96 Å². The Hall–Kier alpha value is -1.13. The van der Waals surface area contributed by atoms with E-state index in [-0.39, 0.29) is 17.0 Å². The van der Waals surface area contributed by atoms with Gasteiger partial charge in [0.15, 0.2) is 0 Å². The number of nitrogens with zero attached hydrogens (tertiary/aromatic N) is 2. The molecule has 0 N–H and O–H groups in total. The van der Waals surface area contributed by atoms with Crippen LogP contribution in [0.2, 0.25) is 0 Å². The van der Waals surface area contributed by atoms with Crippen molar-refractivity contribution in [3.8, 4) is 0 Å². The van der Waals surface area contributed by atoms with E-state index in [0.717, 1.165) is 6.54 Å². The minimum atomic E-state index is 0. The molecule has 0 radical (unpaired) electrons. The number of imidazole rings is 1. The number of rotatable bonds is 2. The Morgan fingerprint density at radius 2 is 2.00 bits per heavy atom. The molecule has 0 spiro atoms. The quantitative estimate of drug-likeness (QED) is 0.572. The molecule has 2 nitrogen and oxygen atoms in total. The molecule has 3 aromatic rings. The van der Waals surface area contributed by atoms with Gasteiger partial charge in [0.1, 0.15) is 24.6 Å². The SMILES string of the molecule is Cc1csc2n1cc[n+]2Cc1ccccc1.[Br-]. The predicted molar refractivity (Wildman–Crippen MR) is 65.8 cm³/mol. The topological polar surface area (TPSA) is 8.29 Å². The van der Waals surface area contributed by atoms with Gasteiger partial charge in [-0.1, -0.05) is 41.7 Å². The highest BCUT2D eigenvalue weighted by Gasteiger charge is 2.13. The minimum Gasteiger partial charge on any atom is -1.00 e. The van der Waals surface area contributed by atoms with E-state index in [4.69, 9.17) is 0 Å². The summed E-state index contributed by atoms with van der Waals surface area (Å²) in [6.07, 6.45) is 4.27. The van der Waals surface area contributed by atoms with Crippen LogP contribution >= 0.6 is 11.3 Å². The molecule has 2 heterocycles. The van der Waals surface area contributed by atoms with Gasteiger partial charge in [0, 0.05) is 5.38 Å². The lowest BCUT2D eigenvalue weighted by Crippen LogP contribution is -3.00. The summed E-state index contributed by atoms with van der Waals surface area (Å²) in [5, 5.41) is 2.19. The van der Waals surface area contributed by atoms with Crippen LogP contribution in [0.5, 0.6) is 0 Å². The van der Waals surface area contributed by atoms with Crippen molar-refractivity contribution < 1.29 is 21.5 Å². The van der Waals surface area contributed by atoms with Crippen LogP contribution in [0.15, 0.2) is 48.1 Å². The molecule has 0 unspecified atom stereocenters. The molecule has 0 aliphatic rings. The summed E-state index contributed by atoms with van der Waals surface area (Å²) in [4.78, 5) is 1.29. The summed E-state index contributed by atoms with van der Waals surface area (Å²) in [6.45, 7) is 3.08. The molecule has 88 valence electrons. The molecule has 0 aliphatic carbocycles. The Labute approximate surface area is 115 Å². The third-order valence-electron chi connectivity index (χ3n) is 2.76. The monoisotopic (exact) mass is 308 g/mol. The van der Waals surface area contributed by atoms with Gasteiger partial charge in [-0.2, -0.15) is 4.40 Å². The van der Waals surface area contributed by atoms with Crippen molar-refractivity contribution in [2.75, 3.05) is 0 Å². The number of fused-ring (bicyclic) bond motifs is 1. The second-order valence-electron chi connectivity index (χ2n) is 3.94. The highest BCUT2D eigenvalue weighted by atomic mass is 79.9. The van der Waals surface area contributed by atoms with E-state index in [0.29, 0.717) is 0 Å². The van der Waals surface area contributed by atoms with Crippen molar-refractivity contribution in [1.29, 1.82) is 0 Å². The van der Waals surface area contributed by atoms with E-state index in [2.05, 4.69) is 64.0 Å². The van der Waals surface area contributed by atoms with Crippen LogP contribution in [0.1, 0.15) is 11.3 Å². The molecule has 0 aliphatic heterocycles. The first-order chi connectivity index (χ1) is 7.84. The highest BCUT2D eigenvalue weighted by Crippen LogP contribution is 2.12. The maximum atomic E-state index is 2.28. The number of halogens is 1. The molecule has 1 aromatic carbocycles. The fourth-order valence-electron chi connectivity index (χ4n) is 1.90. The average molecular weight is 309 g/mol. The lowest BCUT2D eigenvalue weighted by molar-refractivity contribution is -0.659. The number of hydrogen-bond acceptors (Lipinski definition) is 1.